The first kappa shape index (κ1) is 6.58. The van der Waals surface area contributed by atoms with E-state index >= 15 is 0 Å². The Morgan fingerprint density at radius 1 is 1.40 bits per heavy atom. The van der Waals surface area contributed by atoms with Gasteiger partial charge in [-0.3, -0.25) is 5.84 Å². The highest BCUT2D eigenvalue weighted by Crippen LogP contribution is 2.27. The summed E-state index contributed by atoms with van der Waals surface area (Å²) in [4.78, 5) is 0. The van der Waals surface area contributed by atoms with Crippen molar-refractivity contribution in [1.82, 2.24) is 5.01 Å². The summed E-state index contributed by atoms with van der Waals surface area (Å²) in [6.07, 6.45) is 2.92. The molecule has 0 spiro atoms. The third-order valence-electron chi connectivity index (χ3n) is 2.55. The quantitative estimate of drug-likeness (QED) is 0.483. The predicted molar refractivity (Wildman–Crippen MR) is 38.2 cm³/mol. The van der Waals surface area contributed by atoms with Crippen molar-refractivity contribution in [2.45, 2.75) is 18.9 Å². The van der Waals surface area contributed by atoms with Gasteiger partial charge in [0.1, 0.15) is 0 Å². The summed E-state index contributed by atoms with van der Waals surface area (Å²) in [7, 11) is 0. The van der Waals surface area contributed by atoms with E-state index in [0.717, 1.165) is 25.6 Å². The first-order valence-electron chi connectivity index (χ1n) is 3.97. The van der Waals surface area contributed by atoms with E-state index in [1.807, 2.05) is 5.01 Å². The van der Waals surface area contributed by atoms with Crippen molar-refractivity contribution in [3.8, 4) is 0 Å². The van der Waals surface area contributed by atoms with Crippen LogP contribution in [0.15, 0.2) is 0 Å². The van der Waals surface area contributed by atoms with Gasteiger partial charge in [-0.25, -0.2) is 5.01 Å². The smallest absolute Gasteiger partial charge is 0.0745 e. The number of ether oxygens (including phenoxy) is 1. The van der Waals surface area contributed by atoms with Crippen LogP contribution >= 0.6 is 0 Å². The molecule has 2 N–H and O–H groups in total. The minimum atomic E-state index is 0.443. The van der Waals surface area contributed by atoms with E-state index in [9.17, 15) is 0 Å². The Bertz CT molecular complexity index is 129. The molecule has 2 aliphatic heterocycles. The third-order valence-corrected chi connectivity index (χ3v) is 2.55. The van der Waals surface area contributed by atoms with Crippen molar-refractivity contribution >= 4 is 0 Å². The number of nitrogens with zero attached hydrogens (tertiary/aromatic N) is 1. The van der Waals surface area contributed by atoms with Gasteiger partial charge in [0.05, 0.1) is 6.10 Å². The second-order valence-corrected chi connectivity index (χ2v) is 3.24. The Morgan fingerprint density at radius 2 is 2.30 bits per heavy atom. The fourth-order valence-electron chi connectivity index (χ4n) is 1.88. The summed E-state index contributed by atoms with van der Waals surface area (Å²) >= 11 is 0. The number of fused-ring (bicyclic) bond motifs is 1. The van der Waals surface area contributed by atoms with E-state index in [2.05, 4.69) is 0 Å². The van der Waals surface area contributed by atoms with Crippen LogP contribution in [0.5, 0.6) is 0 Å². The molecule has 2 atom stereocenters. The molecule has 2 unspecified atom stereocenters. The largest absolute Gasteiger partial charge is 0.377 e. The molecule has 58 valence electrons. The van der Waals surface area contributed by atoms with Gasteiger partial charge < -0.3 is 4.74 Å². The predicted octanol–water partition coefficient (Wildman–Crippen LogP) is -0.0291. The Hall–Kier alpha value is -0.120. The van der Waals surface area contributed by atoms with Crippen molar-refractivity contribution < 1.29 is 4.74 Å². The minimum Gasteiger partial charge on any atom is -0.377 e. The Morgan fingerprint density at radius 3 is 3.20 bits per heavy atom. The third kappa shape index (κ3) is 1.05. The molecule has 3 nitrogen and oxygen atoms in total. The molecule has 0 aromatic carbocycles. The fourth-order valence-corrected chi connectivity index (χ4v) is 1.88. The van der Waals surface area contributed by atoms with E-state index in [1.54, 1.807) is 0 Å². The molecule has 2 aliphatic rings. The second-order valence-electron chi connectivity index (χ2n) is 3.24. The highest BCUT2D eigenvalue weighted by atomic mass is 16.5. The van der Waals surface area contributed by atoms with Gasteiger partial charge in [0.25, 0.3) is 0 Å². The van der Waals surface area contributed by atoms with Crippen molar-refractivity contribution in [2.24, 2.45) is 11.8 Å². The summed E-state index contributed by atoms with van der Waals surface area (Å²) in [6.45, 7) is 2.93. The number of nitrogens with two attached hydrogens (primary N) is 1. The summed E-state index contributed by atoms with van der Waals surface area (Å²) in [5, 5.41) is 1.87. The molecule has 0 bridgehead atoms. The average Bonchev–Trinajstić information content (AvgIpc) is 2.33. The summed E-state index contributed by atoms with van der Waals surface area (Å²) in [5.74, 6) is 6.45. The average molecular weight is 142 g/mol. The van der Waals surface area contributed by atoms with Gasteiger partial charge in [-0.15, -0.1) is 0 Å². The van der Waals surface area contributed by atoms with Gasteiger partial charge in [-0.2, -0.15) is 0 Å². The van der Waals surface area contributed by atoms with Crippen LogP contribution in [0.3, 0.4) is 0 Å². The second kappa shape index (κ2) is 2.49. The highest BCUT2D eigenvalue weighted by molar-refractivity contribution is 4.82. The Kier molecular flexibility index (Phi) is 1.64. The molecule has 0 aliphatic carbocycles. The van der Waals surface area contributed by atoms with Gasteiger partial charge in [0.15, 0.2) is 0 Å². The van der Waals surface area contributed by atoms with Crippen LogP contribution in [0.25, 0.3) is 0 Å². The summed E-state index contributed by atoms with van der Waals surface area (Å²) in [6, 6.07) is 0. The normalized spacial score (nSPS) is 41.7. The first-order chi connectivity index (χ1) is 4.86. The molecule has 2 saturated heterocycles. The van der Waals surface area contributed by atoms with Crippen molar-refractivity contribution in [3.05, 3.63) is 0 Å². The summed E-state index contributed by atoms with van der Waals surface area (Å²) in [5.41, 5.74) is 0. The molecule has 2 fully saturated rings. The maximum atomic E-state index is 5.64. The molecule has 0 saturated carbocycles. The molecular weight excluding hydrogens is 128 g/mol. The zero-order valence-corrected chi connectivity index (χ0v) is 6.12. The van der Waals surface area contributed by atoms with E-state index in [0.29, 0.717) is 6.10 Å². The monoisotopic (exact) mass is 142 g/mol. The Labute approximate surface area is 61.1 Å². The molecule has 2 rings (SSSR count). The molecule has 0 radical (unpaired) electrons. The lowest BCUT2D eigenvalue weighted by atomic mass is 9.94. The number of hydrazine groups is 1. The number of rotatable bonds is 0. The number of piperidine rings is 1. The fraction of sp³-hybridized carbons (Fsp3) is 1.00. The first-order valence-corrected chi connectivity index (χ1v) is 3.97. The van der Waals surface area contributed by atoms with Crippen LogP contribution in [0.1, 0.15) is 12.8 Å². The van der Waals surface area contributed by atoms with E-state index in [-0.39, 0.29) is 0 Å². The molecular formula is C7H14N2O. The zero-order chi connectivity index (χ0) is 6.97. The van der Waals surface area contributed by atoms with E-state index < -0.39 is 0 Å². The SMILES string of the molecule is NN1CCC2CCOC2C1. The molecule has 10 heavy (non-hydrogen) atoms. The standard InChI is InChI=1S/C7H14N2O/c8-9-3-1-6-2-4-10-7(6)5-9/h6-7H,1-5,8H2. The van der Waals surface area contributed by atoms with Crippen LogP contribution in [0.2, 0.25) is 0 Å². The molecule has 0 aromatic heterocycles. The lowest BCUT2D eigenvalue weighted by Gasteiger charge is -2.30. The highest BCUT2D eigenvalue weighted by Gasteiger charge is 2.32. The molecule has 2 heterocycles. The number of hydrogen-bond donors (Lipinski definition) is 1. The molecule has 0 aromatic rings. The maximum Gasteiger partial charge on any atom is 0.0745 e. The topological polar surface area (TPSA) is 38.5 Å². The lowest BCUT2D eigenvalue weighted by molar-refractivity contribution is 0.0264. The Balaban J connectivity index is 1.96. The van der Waals surface area contributed by atoms with Crippen molar-refractivity contribution in [1.29, 1.82) is 0 Å². The van der Waals surface area contributed by atoms with Gasteiger partial charge in [0, 0.05) is 19.7 Å². The van der Waals surface area contributed by atoms with Crippen LogP contribution in [-0.2, 0) is 4.74 Å². The van der Waals surface area contributed by atoms with Crippen LogP contribution in [0, 0.1) is 5.92 Å². The summed E-state index contributed by atoms with van der Waals surface area (Å²) < 4.78 is 5.51. The van der Waals surface area contributed by atoms with E-state index in [1.165, 1.54) is 12.8 Å². The molecule has 0 amide bonds. The van der Waals surface area contributed by atoms with Gasteiger partial charge in [-0.1, -0.05) is 0 Å². The minimum absolute atomic E-state index is 0.443. The zero-order valence-electron chi connectivity index (χ0n) is 6.12. The van der Waals surface area contributed by atoms with Gasteiger partial charge >= 0.3 is 0 Å². The van der Waals surface area contributed by atoms with Crippen LogP contribution < -0.4 is 5.84 Å². The maximum absolute atomic E-state index is 5.64. The van der Waals surface area contributed by atoms with Crippen LogP contribution in [-0.4, -0.2) is 30.8 Å². The van der Waals surface area contributed by atoms with Crippen molar-refractivity contribution in [2.75, 3.05) is 19.7 Å². The molecule has 3 heteroatoms. The van der Waals surface area contributed by atoms with Gasteiger partial charge in [0.2, 0.25) is 0 Å². The van der Waals surface area contributed by atoms with Gasteiger partial charge in [-0.05, 0) is 18.8 Å². The van der Waals surface area contributed by atoms with Crippen molar-refractivity contribution in [3.63, 3.8) is 0 Å². The lowest BCUT2D eigenvalue weighted by Crippen LogP contribution is -2.45. The van der Waals surface area contributed by atoms with Crippen LogP contribution in [0.4, 0.5) is 0 Å². The number of hydrogen-bond acceptors (Lipinski definition) is 3. The van der Waals surface area contributed by atoms with E-state index in [4.69, 9.17) is 10.6 Å².